The molecule has 1 atom stereocenters. The predicted octanol–water partition coefficient (Wildman–Crippen LogP) is 4.06. The van der Waals surface area contributed by atoms with E-state index in [9.17, 15) is 8.76 Å². The van der Waals surface area contributed by atoms with Crippen molar-refractivity contribution in [3.8, 4) is 0 Å². The van der Waals surface area contributed by atoms with Gasteiger partial charge in [-0.1, -0.05) is 5.57 Å². The van der Waals surface area contributed by atoms with Gasteiger partial charge in [-0.25, -0.2) is 4.21 Å². The van der Waals surface area contributed by atoms with Crippen molar-refractivity contribution in [1.29, 1.82) is 5.41 Å². The van der Waals surface area contributed by atoms with Gasteiger partial charge >= 0.3 is 0 Å². The molecule has 0 fully saturated rings. The smallest absolute Gasteiger partial charge is 0.187 e. The summed E-state index contributed by atoms with van der Waals surface area (Å²) in [6.45, 7) is 0. The molecule has 0 saturated heterocycles. The fourth-order valence-electron chi connectivity index (χ4n) is 3.42. The first-order valence-corrected chi connectivity index (χ1v) is 10.1. The summed E-state index contributed by atoms with van der Waals surface area (Å²) in [5, 5.41) is 9.59. The maximum absolute atomic E-state index is 11.5. The summed E-state index contributed by atoms with van der Waals surface area (Å²) in [6.07, 6.45) is 5.86. The summed E-state index contributed by atoms with van der Waals surface area (Å²) in [4.78, 5) is 1.39. The van der Waals surface area contributed by atoms with Crippen molar-refractivity contribution >= 4 is 45.6 Å². The van der Waals surface area contributed by atoms with Gasteiger partial charge in [-0.3, -0.25) is 0 Å². The van der Waals surface area contributed by atoms with E-state index in [1.807, 2.05) is 5.38 Å². The molecule has 0 aliphatic heterocycles. The van der Waals surface area contributed by atoms with E-state index in [0.29, 0.717) is 28.3 Å². The van der Waals surface area contributed by atoms with Crippen LogP contribution in [0.3, 0.4) is 0 Å². The lowest BCUT2D eigenvalue weighted by Crippen LogP contribution is -2.09. The number of allylic oxidation sites excluding steroid dienone is 2. The van der Waals surface area contributed by atoms with E-state index < -0.39 is 11.1 Å². The maximum Gasteiger partial charge on any atom is 0.187 e. The van der Waals surface area contributed by atoms with Gasteiger partial charge in [0.1, 0.15) is 0 Å². The molecule has 0 saturated carbocycles. The highest BCUT2D eigenvalue weighted by molar-refractivity contribution is 7.79. The molecule has 0 amide bonds. The van der Waals surface area contributed by atoms with Crippen LogP contribution >= 0.6 is 11.3 Å². The lowest BCUT2D eigenvalue weighted by molar-refractivity contribution is 0.564. The van der Waals surface area contributed by atoms with Crippen LogP contribution in [0, 0.1) is 5.41 Å². The highest BCUT2D eigenvalue weighted by Gasteiger charge is 2.21. The summed E-state index contributed by atoms with van der Waals surface area (Å²) in [6, 6.07) is 5.22. The SMILES string of the molecule is N=Cc1c(N)ccc(N)c1C1=C(Cc2sccc2S(=O)O)CCCC1. The summed E-state index contributed by atoms with van der Waals surface area (Å²) in [5.74, 6) is 0. The second-order valence-corrected chi connectivity index (χ2v) is 8.04. The van der Waals surface area contributed by atoms with Gasteiger partial charge in [-0.2, -0.15) is 0 Å². The maximum atomic E-state index is 11.5. The Bertz CT molecular complexity index is 871. The second kappa shape index (κ2) is 7.51. The van der Waals surface area contributed by atoms with Gasteiger partial charge in [-0.05, 0) is 54.8 Å². The van der Waals surface area contributed by atoms with Crippen LogP contribution in [-0.2, 0) is 17.5 Å². The highest BCUT2D eigenvalue weighted by atomic mass is 32.2. The number of anilines is 2. The first-order chi connectivity index (χ1) is 12.0. The van der Waals surface area contributed by atoms with Crippen molar-refractivity contribution in [2.24, 2.45) is 0 Å². The van der Waals surface area contributed by atoms with E-state index in [0.717, 1.165) is 41.7 Å². The molecule has 6 N–H and O–H groups in total. The van der Waals surface area contributed by atoms with Crippen molar-refractivity contribution in [3.05, 3.63) is 45.2 Å². The number of benzene rings is 1. The average Bonchev–Trinajstić information content (AvgIpc) is 3.06. The van der Waals surface area contributed by atoms with Gasteiger partial charge in [0.2, 0.25) is 0 Å². The van der Waals surface area contributed by atoms with E-state index in [-0.39, 0.29) is 0 Å². The topological polar surface area (TPSA) is 113 Å². The van der Waals surface area contributed by atoms with Crippen LogP contribution in [0.2, 0.25) is 0 Å². The summed E-state index contributed by atoms with van der Waals surface area (Å²) in [5.41, 5.74) is 17.3. The molecular formula is C18H21N3O2S2. The lowest BCUT2D eigenvalue weighted by atomic mass is 9.83. The molecule has 1 aromatic heterocycles. The first kappa shape index (κ1) is 17.8. The van der Waals surface area contributed by atoms with Crippen molar-refractivity contribution in [1.82, 2.24) is 0 Å². The number of hydrogen-bond donors (Lipinski definition) is 4. The molecule has 0 spiro atoms. The molecule has 5 nitrogen and oxygen atoms in total. The molecule has 25 heavy (non-hydrogen) atoms. The van der Waals surface area contributed by atoms with Gasteiger partial charge in [-0.15, -0.1) is 11.3 Å². The standard InChI is InChI=1S/C18H21N3O2S2/c19-10-13-14(20)5-6-15(21)18(13)12-4-2-1-3-11(12)9-16-17(25(22)23)7-8-24-16/h5-8,10,19H,1-4,9,20-21H2,(H,22,23). The van der Waals surface area contributed by atoms with Crippen LogP contribution in [0.5, 0.6) is 0 Å². The lowest BCUT2D eigenvalue weighted by Gasteiger charge is -2.24. The molecule has 2 aromatic rings. The minimum atomic E-state index is -1.98. The van der Waals surface area contributed by atoms with Gasteiger partial charge in [0.05, 0.1) is 4.90 Å². The average molecular weight is 376 g/mol. The normalized spacial score (nSPS) is 16.0. The number of nitrogens with one attached hydrogen (secondary N) is 1. The van der Waals surface area contributed by atoms with Crippen LogP contribution in [-0.4, -0.2) is 15.0 Å². The van der Waals surface area contributed by atoms with E-state index in [4.69, 9.17) is 16.9 Å². The molecule has 1 aliphatic carbocycles. The van der Waals surface area contributed by atoms with Gasteiger partial charge in [0.15, 0.2) is 11.1 Å². The van der Waals surface area contributed by atoms with E-state index >= 15 is 0 Å². The minimum Gasteiger partial charge on any atom is -0.398 e. The number of hydrogen-bond acceptors (Lipinski definition) is 5. The molecule has 0 radical (unpaired) electrons. The third-order valence-corrected chi connectivity index (χ3v) is 6.42. The molecule has 1 aromatic carbocycles. The van der Waals surface area contributed by atoms with Gasteiger partial charge in [0, 0.05) is 40.0 Å². The Labute approximate surface area is 153 Å². The molecule has 1 unspecified atom stereocenters. The van der Waals surface area contributed by atoms with Crippen molar-refractivity contribution < 1.29 is 8.76 Å². The quantitative estimate of drug-likeness (QED) is 0.358. The molecule has 3 rings (SSSR count). The van der Waals surface area contributed by atoms with Crippen molar-refractivity contribution in [3.63, 3.8) is 0 Å². The molecular weight excluding hydrogens is 354 g/mol. The third kappa shape index (κ3) is 3.53. The van der Waals surface area contributed by atoms with Crippen LogP contribution in [0.15, 0.2) is 34.0 Å². The van der Waals surface area contributed by atoms with E-state index in [2.05, 4.69) is 0 Å². The fraction of sp³-hybridized carbons (Fsp3) is 0.278. The Morgan fingerprint density at radius 1 is 1.20 bits per heavy atom. The zero-order valence-corrected chi connectivity index (χ0v) is 15.4. The first-order valence-electron chi connectivity index (χ1n) is 8.09. The molecule has 132 valence electrons. The van der Waals surface area contributed by atoms with Crippen LogP contribution < -0.4 is 11.5 Å². The number of nitrogens with two attached hydrogens (primary N) is 2. The Morgan fingerprint density at radius 2 is 1.92 bits per heavy atom. The number of nitrogen functional groups attached to an aromatic ring is 2. The Kier molecular flexibility index (Phi) is 5.36. The Morgan fingerprint density at radius 3 is 2.64 bits per heavy atom. The van der Waals surface area contributed by atoms with Crippen LogP contribution in [0.1, 0.15) is 41.7 Å². The molecule has 0 bridgehead atoms. The monoisotopic (exact) mass is 375 g/mol. The Balaban J connectivity index is 2.12. The van der Waals surface area contributed by atoms with E-state index in [1.165, 1.54) is 23.1 Å². The van der Waals surface area contributed by atoms with E-state index in [1.54, 1.807) is 18.2 Å². The van der Waals surface area contributed by atoms with Gasteiger partial charge < -0.3 is 21.4 Å². The predicted molar refractivity (Wildman–Crippen MR) is 106 cm³/mol. The minimum absolute atomic E-state index is 0.482. The number of rotatable bonds is 5. The highest BCUT2D eigenvalue weighted by Crippen LogP contribution is 2.40. The molecule has 1 aliphatic rings. The Hall–Kier alpha value is -1.96. The van der Waals surface area contributed by atoms with Crippen molar-refractivity contribution in [2.45, 2.75) is 37.0 Å². The van der Waals surface area contributed by atoms with Crippen molar-refractivity contribution in [2.75, 3.05) is 11.5 Å². The third-order valence-electron chi connectivity index (χ3n) is 4.61. The van der Waals surface area contributed by atoms with Crippen LogP contribution in [0.4, 0.5) is 11.4 Å². The summed E-state index contributed by atoms with van der Waals surface area (Å²) >= 11 is -0.478. The van der Waals surface area contributed by atoms with Gasteiger partial charge in [0.25, 0.3) is 0 Å². The largest absolute Gasteiger partial charge is 0.398 e. The zero-order chi connectivity index (χ0) is 18.0. The molecule has 7 heteroatoms. The molecule has 1 heterocycles. The van der Waals surface area contributed by atoms with Crippen LogP contribution in [0.25, 0.3) is 5.57 Å². The summed E-state index contributed by atoms with van der Waals surface area (Å²) in [7, 11) is 0. The number of thiophene rings is 1. The second-order valence-electron chi connectivity index (χ2n) is 6.10. The fourth-order valence-corrected chi connectivity index (χ4v) is 5.12. The summed E-state index contributed by atoms with van der Waals surface area (Å²) < 4.78 is 21.0. The zero-order valence-electron chi connectivity index (χ0n) is 13.7.